The number of benzene rings is 3. The monoisotopic (exact) mass is 580 g/mol. The van der Waals surface area contributed by atoms with Gasteiger partial charge < -0.3 is 16.0 Å². The summed E-state index contributed by atoms with van der Waals surface area (Å²) in [5.41, 5.74) is 2.78. The van der Waals surface area contributed by atoms with E-state index >= 15 is 4.39 Å². The van der Waals surface area contributed by atoms with Gasteiger partial charge in [0.15, 0.2) is 5.65 Å². The van der Waals surface area contributed by atoms with E-state index in [1.54, 1.807) is 49.6 Å². The standard InChI is InChI=1S/C32H26F2N6O3/c1-35-29(41)21-4-2-3-20(16-21)27-26-19(11-14-36-28(26)40-39-27)15-18-5-8-24(17-25(18)34)38-31(43)32(12-13-32)30(42)37-23-9-6-22(33)7-10-23/h2-11,14,16-17H,12-13,15H2,1H3,(H,35,41)(H,37,42)(H,38,43)(H,36,39,40). The molecule has 1 aliphatic rings. The average molecular weight is 581 g/mol. The fraction of sp³-hybridized carbons (Fsp3) is 0.156. The fourth-order valence-corrected chi connectivity index (χ4v) is 5.01. The molecule has 0 radical (unpaired) electrons. The van der Waals surface area contributed by atoms with Crippen LogP contribution in [0.4, 0.5) is 20.2 Å². The number of amides is 3. The van der Waals surface area contributed by atoms with Crippen LogP contribution in [0.25, 0.3) is 22.3 Å². The Balaban J connectivity index is 1.20. The van der Waals surface area contributed by atoms with Crippen molar-refractivity contribution in [2.75, 3.05) is 17.7 Å². The molecule has 0 saturated heterocycles. The smallest absolute Gasteiger partial charge is 0.251 e. The summed E-state index contributed by atoms with van der Waals surface area (Å²) in [7, 11) is 1.56. The molecule has 216 valence electrons. The van der Waals surface area contributed by atoms with Gasteiger partial charge in [0.1, 0.15) is 22.7 Å². The number of aromatic nitrogens is 3. The molecule has 0 bridgehead atoms. The minimum atomic E-state index is -1.26. The maximum Gasteiger partial charge on any atom is 0.251 e. The van der Waals surface area contributed by atoms with Gasteiger partial charge in [0, 0.05) is 42.2 Å². The Morgan fingerprint density at radius 1 is 0.884 bits per heavy atom. The SMILES string of the molecule is CNC(=O)c1cccc(-c2n[nH]c3nccc(Cc4ccc(NC(=O)C5(C(=O)Nc6ccc(F)cc6)CC5)cc4F)c23)c1. The summed E-state index contributed by atoms with van der Waals surface area (Å²) in [6.07, 6.45) is 2.52. The van der Waals surface area contributed by atoms with E-state index in [4.69, 9.17) is 0 Å². The Morgan fingerprint density at radius 3 is 2.30 bits per heavy atom. The highest BCUT2D eigenvalue weighted by atomic mass is 19.1. The zero-order valence-electron chi connectivity index (χ0n) is 23.0. The van der Waals surface area contributed by atoms with Crippen LogP contribution in [0.5, 0.6) is 0 Å². The van der Waals surface area contributed by atoms with Gasteiger partial charge in [-0.3, -0.25) is 19.5 Å². The van der Waals surface area contributed by atoms with E-state index < -0.39 is 28.9 Å². The summed E-state index contributed by atoms with van der Waals surface area (Å²) in [4.78, 5) is 42.4. The second-order valence-corrected chi connectivity index (χ2v) is 10.4. The number of H-pyrrole nitrogens is 1. The molecule has 0 spiro atoms. The van der Waals surface area contributed by atoms with Crippen LogP contribution < -0.4 is 16.0 Å². The largest absolute Gasteiger partial charge is 0.355 e. The van der Waals surface area contributed by atoms with Gasteiger partial charge in [-0.05, 0) is 78.6 Å². The van der Waals surface area contributed by atoms with Crippen molar-refractivity contribution < 1.29 is 23.2 Å². The average Bonchev–Trinajstić information content (AvgIpc) is 3.72. The lowest BCUT2D eigenvalue weighted by Gasteiger charge is -2.16. The number of pyridine rings is 1. The quantitative estimate of drug-likeness (QED) is 0.187. The number of carbonyl (C=O) groups excluding carboxylic acids is 3. The predicted molar refractivity (Wildman–Crippen MR) is 157 cm³/mol. The first-order chi connectivity index (χ1) is 20.8. The van der Waals surface area contributed by atoms with Crippen LogP contribution in [0.15, 0.2) is 79.0 Å². The third kappa shape index (κ3) is 5.44. The summed E-state index contributed by atoms with van der Waals surface area (Å²) < 4.78 is 28.6. The van der Waals surface area contributed by atoms with Crippen LogP contribution in [-0.2, 0) is 16.0 Å². The maximum atomic E-state index is 15.4. The highest BCUT2D eigenvalue weighted by molar-refractivity contribution is 6.17. The summed E-state index contributed by atoms with van der Waals surface area (Å²) in [5, 5.41) is 16.0. The number of nitrogens with one attached hydrogen (secondary N) is 4. The molecule has 0 unspecified atom stereocenters. The molecule has 4 N–H and O–H groups in total. The molecule has 0 atom stereocenters. The van der Waals surface area contributed by atoms with E-state index in [1.165, 1.54) is 30.3 Å². The normalized spacial score (nSPS) is 13.4. The number of fused-ring (bicyclic) bond motifs is 1. The zero-order chi connectivity index (χ0) is 30.1. The Kier molecular flexibility index (Phi) is 7.14. The van der Waals surface area contributed by atoms with Gasteiger partial charge in [-0.25, -0.2) is 13.8 Å². The molecule has 1 aliphatic carbocycles. The first-order valence-corrected chi connectivity index (χ1v) is 13.6. The molecule has 2 heterocycles. The van der Waals surface area contributed by atoms with Gasteiger partial charge in [-0.15, -0.1) is 0 Å². The van der Waals surface area contributed by atoms with Crippen molar-refractivity contribution in [1.82, 2.24) is 20.5 Å². The minimum Gasteiger partial charge on any atom is -0.355 e. The van der Waals surface area contributed by atoms with E-state index in [0.717, 1.165) is 5.56 Å². The van der Waals surface area contributed by atoms with Gasteiger partial charge in [0.25, 0.3) is 5.91 Å². The van der Waals surface area contributed by atoms with Crippen molar-refractivity contribution in [3.63, 3.8) is 0 Å². The Bertz CT molecular complexity index is 1880. The minimum absolute atomic E-state index is 0.213. The third-order valence-corrected chi connectivity index (χ3v) is 7.59. The first kappa shape index (κ1) is 27.7. The zero-order valence-corrected chi connectivity index (χ0v) is 23.0. The number of halogens is 2. The molecule has 6 rings (SSSR count). The molecule has 3 aromatic carbocycles. The van der Waals surface area contributed by atoms with Crippen molar-refractivity contribution in [2.24, 2.45) is 5.41 Å². The second-order valence-electron chi connectivity index (χ2n) is 10.4. The molecule has 3 amide bonds. The van der Waals surface area contributed by atoms with Gasteiger partial charge >= 0.3 is 0 Å². The number of aromatic amines is 1. The molecule has 43 heavy (non-hydrogen) atoms. The van der Waals surface area contributed by atoms with Crippen LogP contribution in [-0.4, -0.2) is 40.0 Å². The maximum absolute atomic E-state index is 15.4. The number of anilines is 2. The number of hydrogen-bond acceptors (Lipinski definition) is 5. The van der Waals surface area contributed by atoms with Crippen LogP contribution in [0.1, 0.15) is 34.3 Å². The highest BCUT2D eigenvalue weighted by Crippen LogP contribution is 2.47. The van der Waals surface area contributed by atoms with Crippen LogP contribution in [0.3, 0.4) is 0 Å². The lowest BCUT2D eigenvalue weighted by atomic mass is 9.98. The van der Waals surface area contributed by atoms with Gasteiger partial charge in [-0.2, -0.15) is 5.10 Å². The van der Waals surface area contributed by atoms with Crippen molar-refractivity contribution in [2.45, 2.75) is 19.3 Å². The molecular weight excluding hydrogens is 554 g/mol. The molecule has 5 aromatic rings. The second kappa shape index (κ2) is 11.1. The lowest BCUT2D eigenvalue weighted by Crippen LogP contribution is -2.35. The Morgan fingerprint density at radius 2 is 1.60 bits per heavy atom. The van der Waals surface area contributed by atoms with Crippen molar-refractivity contribution >= 4 is 40.1 Å². The van der Waals surface area contributed by atoms with Gasteiger partial charge in [0.05, 0.1) is 5.39 Å². The number of nitrogens with zero attached hydrogens (tertiary/aromatic N) is 2. The lowest BCUT2D eigenvalue weighted by molar-refractivity contribution is -0.131. The van der Waals surface area contributed by atoms with E-state index in [-0.39, 0.29) is 18.0 Å². The molecule has 9 nitrogen and oxygen atoms in total. The van der Waals surface area contributed by atoms with Crippen LogP contribution in [0, 0.1) is 17.0 Å². The number of carbonyl (C=O) groups is 3. The summed E-state index contributed by atoms with van der Waals surface area (Å²) >= 11 is 0. The molecule has 2 aromatic heterocycles. The number of hydrogen-bond donors (Lipinski definition) is 4. The Hall–Kier alpha value is -5.45. The van der Waals surface area contributed by atoms with E-state index in [0.29, 0.717) is 51.9 Å². The Labute approximate surface area is 244 Å². The molecule has 1 saturated carbocycles. The van der Waals surface area contributed by atoms with Crippen LogP contribution >= 0.6 is 0 Å². The van der Waals surface area contributed by atoms with Crippen molar-refractivity contribution in [3.8, 4) is 11.3 Å². The number of rotatable bonds is 8. The first-order valence-electron chi connectivity index (χ1n) is 13.6. The van der Waals surface area contributed by atoms with E-state index in [2.05, 4.69) is 31.1 Å². The molecular formula is C32H26F2N6O3. The summed E-state index contributed by atoms with van der Waals surface area (Å²) in [6, 6.07) is 18.5. The topological polar surface area (TPSA) is 129 Å². The predicted octanol–water partition coefficient (Wildman–Crippen LogP) is 5.21. The molecule has 1 fully saturated rings. The van der Waals surface area contributed by atoms with Gasteiger partial charge in [-0.1, -0.05) is 18.2 Å². The van der Waals surface area contributed by atoms with Crippen molar-refractivity contribution in [1.29, 1.82) is 0 Å². The molecule has 0 aliphatic heterocycles. The third-order valence-electron chi connectivity index (χ3n) is 7.59. The highest BCUT2D eigenvalue weighted by Gasteiger charge is 2.56. The van der Waals surface area contributed by atoms with E-state index in [9.17, 15) is 18.8 Å². The summed E-state index contributed by atoms with van der Waals surface area (Å²) in [6.45, 7) is 0. The molecule has 11 heteroatoms. The fourth-order valence-electron chi connectivity index (χ4n) is 5.01. The van der Waals surface area contributed by atoms with Gasteiger partial charge in [0.2, 0.25) is 11.8 Å². The van der Waals surface area contributed by atoms with Crippen LogP contribution in [0.2, 0.25) is 0 Å². The van der Waals surface area contributed by atoms with Crippen molar-refractivity contribution in [3.05, 3.63) is 107 Å². The summed E-state index contributed by atoms with van der Waals surface area (Å²) in [5.74, 6) is -2.22. The van der Waals surface area contributed by atoms with E-state index in [1.807, 2.05) is 6.07 Å².